The zero-order valence-corrected chi connectivity index (χ0v) is 22.3. The molecule has 2 heterocycles. The number of guanidine groups is 1. The SMILES string of the molecule is C[C@H](CO)[C@@H](OC(=O)N1CCN(C(=O)OCc2ccccc2)CC1)[C@@H]1OC(C(=O)O)=C[C@H](N=C(N)N)[C@H]1NC(=O)O. The van der Waals surface area contributed by atoms with Crippen molar-refractivity contribution in [2.75, 3.05) is 32.8 Å². The monoisotopic (exact) mass is 578 g/mol. The third-order valence-electron chi connectivity index (χ3n) is 6.52. The van der Waals surface area contributed by atoms with E-state index in [9.17, 15) is 34.5 Å². The number of nitrogens with one attached hydrogen (secondary N) is 1. The lowest BCUT2D eigenvalue weighted by atomic mass is 9.89. The van der Waals surface area contributed by atoms with Gasteiger partial charge in [0.1, 0.15) is 12.7 Å². The first-order valence-corrected chi connectivity index (χ1v) is 12.7. The molecule has 1 aromatic carbocycles. The minimum Gasteiger partial charge on any atom is -0.477 e. The van der Waals surface area contributed by atoms with Gasteiger partial charge >= 0.3 is 24.2 Å². The third kappa shape index (κ3) is 8.38. The number of amides is 3. The third-order valence-corrected chi connectivity index (χ3v) is 6.52. The van der Waals surface area contributed by atoms with E-state index in [2.05, 4.69) is 10.3 Å². The number of aliphatic hydroxyl groups is 1. The number of aliphatic imine (C=N–C) groups is 1. The van der Waals surface area contributed by atoms with Crippen LogP contribution in [0.5, 0.6) is 0 Å². The minimum atomic E-state index is -1.50. The largest absolute Gasteiger partial charge is 0.477 e. The molecule has 3 amide bonds. The summed E-state index contributed by atoms with van der Waals surface area (Å²) in [6, 6.07) is 6.65. The summed E-state index contributed by atoms with van der Waals surface area (Å²) in [5.74, 6) is -3.36. The average molecular weight is 579 g/mol. The van der Waals surface area contributed by atoms with Crippen LogP contribution in [-0.4, -0.2) is 112 Å². The Hall–Kier alpha value is -4.73. The van der Waals surface area contributed by atoms with Gasteiger partial charge in [-0.05, 0) is 11.6 Å². The number of piperazine rings is 1. The highest BCUT2D eigenvalue weighted by Crippen LogP contribution is 2.28. The molecule has 3 rings (SSSR count). The second kappa shape index (κ2) is 14.1. The highest BCUT2D eigenvalue weighted by Gasteiger charge is 2.46. The Morgan fingerprint density at radius 2 is 1.68 bits per heavy atom. The van der Waals surface area contributed by atoms with Crippen LogP contribution < -0.4 is 16.8 Å². The summed E-state index contributed by atoms with van der Waals surface area (Å²) in [4.78, 5) is 55.6. The van der Waals surface area contributed by atoms with Crippen LogP contribution in [0.3, 0.4) is 0 Å². The topological polar surface area (TPSA) is 240 Å². The quantitative estimate of drug-likeness (QED) is 0.164. The molecule has 2 aliphatic heterocycles. The van der Waals surface area contributed by atoms with Crippen LogP contribution in [0.25, 0.3) is 0 Å². The molecule has 1 saturated heterocycles. The Labute approximate surface area is 235 Å². The van der Waals surface area contributed by atoms with Gasteiger partial charge in [-0.1, -0.05) is 37.3 Å². The molecule has 16 heteroatoms. The van der Waals surface area contributed by atoms with E-state index in [0.717, 1.165) is 11.6 Å². The van der Waals surface area contributed by atoms with E-state index >= 15 is 0 Å². The first kappa shape index (κ1) is 30.8. The standard InChI is InChI=1S/C25H34N6O10/c1-14(12-32)19(20-18(29-23(35)36)16(28-22(26)27)11-17(40-20)21(33)34)41-25(38)31-9-7-30(8-10-31)24(37)39-13-15-5-3-2-4-6-15/h2-6,11,14,16,18-20,29,32H,7-10,12-13H2,1H3,(H,33,34)(H,35,36)(H4,26,27,28)/t14-,16+,18-,19-,20-/m1/s1. The molecule has 41 heavy (non-hydrogen) atoms. The number of hydrogen-bond donors (Lipinski definition) is 6. The van der Waals surface area contributed by atoms with Crippen molar-refractivity contribution < 1.29 is 48.7 Å². The van der Waals surface area contributed by atoms with Crippen LogP contribution in [0.2, 0.25) is 0 Å². The normalized spacial score (nSPS) is 21.8. The van der Waals surface area contributed by atoms with Crippen molar-refractivity contribution in [2.24, 2.45) is 22.4 Å². The van der Waals surface area contributed by atoms with E-state index < -0.39 is 72.8 Å². The molecular weight excluding hydrogens is 544 g/mol. The molecule has 0 spiro atoms. The predicted molar refractivity (Wildman–Crippen MR) is 141 cm³/mol. The molecule has 8 N–H and O–H groups in total. The number of aliphatic carboxylic acids is 1. The van der Waals surface area contributed by atoms with E-state index in [0.29, 0.717) is 0 Å². The molecule has 0 saturated carbocycles. The van der Waals surface area contributed by atoms with Crippen LogP contribution in [0.4, 0.5) is 14.4 Å². The first-order chi connectivity index (χ1) is 19.5. The average Bonchev–Trinajstić information content (AvgIpc) is 2.95. The number of hydrogen-bond acceptors (Lipinski definition) is 9. The van der Waals surface area contributed by atoms with Crippen molar-refractivity contribution >= 4 is 30.2 Å². The fourth-order valence-electron chi connectivity index (χ4n) is 4.39. The van der Waals surface area contributed by atoms with E-state index in [1.165, 1.54) is 16.7 Å². The van der Waals surface area contributed by atoms with Gasteiger partial charge in [-0.25, -0.2) is 24.2 Å². The molecule has 0 radical (unpaired) electrons. The van der Waals surface area contributed by atoms with Gasteiger partial charge in [-0.15, -0.1) is 0 Å². The molecule has 0 unspecified atom stereocenters. The fourth-order valence-corrected chi connectivity index (χ4v) is 4.39. The predicted octanol–water partition coefficient (Wildman–Crippen LogP) is -0.280. The summed E-state index contributed by atoms with van der Waals surface area (Å²) in [7, 11) is 0. The number of ether oxygens (including phenoxy) is 3. The molecule has 0 bridgehead atoms. The lowest BCUT2D eigenvalue weighted by Gasteiger charge is -2.41. The Bertz CT molecular complexity index is 1150. The summed E-state index contributed by atoms with van der Waals surface area (Å²) >= 11 is 0. The second-order valence-corrected chi connectivity index (χ2v) is 9.46. The number of carboxylic acid groups (broad SMARTS) is 2. The van der Waals surface area contributed by atoms with Crippen molar-refractivity contribution in [1.82, 2.24) is 15.1 Å². The molecule has 0 aliphatic carbocycles. The summed E-state index contributed by atoms with van der Waals surface area (Å²) < 4.78 is 16.6. The lowest BCUT2D eigenvalue weighted by Crippen LogP contribution is -2.60. The Morgan fingerprint density at radius 1 is 1.07 bits per heavy atom. The van der Waals surface area contributed by atoms with Gasteiger partial charge in [0, 0.05) is 38.7 Å². The molecule has 224 valence electrons. The number of nitrogens with zero attached hydrogens (tertiary/aromatic N) is 3. The molecule has 0 aromatic heterocycles. The maximum atomic E-state index is 13.2. The van der Waals surface area contributed by atoms with Crippen LogP contribution in [-0.2, 0) is 25.6 Å². The molecule has 1 fully saturated rings. The summed E-state index contributed by atoms with van der Waals surface area (Å²) in [6.45, 7) is 1.60. The molecule has 16 nitrogen and oxygen atoms in total. The fraction of sp³-hybridized carbons (Fsp3) is 0.480. The number of carbonyl (C=O) groups is 4. The van der Waals surface area contributed by atoms with E-state index in [1.807, 2.05) is 30.3 Å². The number of rotatable bonds is 9. The second-order valence-electron chi connectivity index (χ2n) is 9.46. The highest BCUT2D eigenvalue weighted by molar-refractivity contribution is 5.85. The Morgan fingerprint density at radius 3 is 2.22 bits per heavy atom. The zero-order valence-electron chi connectivity index (χ0n) is 22.3. The zero-order chi connectivity index (χ0) is 30.1. The van der Waals surface area contributed by atoms with Crippen molar-refractivity contribution in [1.29, 1.82) is 0 Å². The molecule has 5 atom stereocenters. The smallest absolute Gasteiger partial charge is 0.410 e. The summed E-state index contributed by atoms with van der Waals surface area (Å²) in [5, 5.41) is 31.1. The maximum Gasteiger partial charge on any atom is 0.410 e. The van der Waals surface area contributed by atoms with Gasteiger partial charge in [-0.3, -0.25) is 0 Å². The molecule has 2 aliphatic rings. The highest BCUT2D eigenvalue weighted by atomic mass is 16.6. The van der Waals surface area contributed by atoms with Crippen LogP contribution in [0, 0.1) is 5.92 Å². The van der Waals surface area contributed by atoms with E-state index in [1.54, 1.807) is 0 Å². The van der Waals surface area contributed by atoms with E-state index in [-0.39, 0.29) is 32.8 Å². The number of carbonyl (C=O) groups excluding carboxylic acids is 2. The molecule has 1 aromatic rings. The van der Waals surface area contributed by atoms with Gasteiger partial charge in [0.05, 0.1) is 12.1 Å². The number of benzene rings is 1. The van der Waals surface area contributed by atoms with Crippen LogP contribution >= 0.6 is 0 Å². The van der Waals surface area contributed by atoms with Crippen LogP contribution in [0.1, 0.15) is 12.5 Å². The molecular formula is C25H34N6O10. The van der Waals surface area contributed by atoms with Crippen molar-refractivity contribution in [3.8, 4) is 0 Å². The van der Waals surface area contributed by atoms with Gasteiger partial charge in [0.15, 0.2) is 12.1 Å². The Balaban J connectivity index is 1.71. The maximum absolute atomic E-state index is 13.2. The van der Waals surface area contributed by atoms with Gasteiger partial charge < -0.3 is 56.1 Å². The van der Waals surface area contributed by atoms with Gasteiger partial charge in [0.2, 0.25) is 5.76 Å². The van der Waals surface area contributed by atoms with Crippen molar-refractivity contribution in [3.05, 3.63) is 47.7 Å². The number of nitrogens with two attached hydrogens (primary N) is 2. The van der Waals surface area contributed by atoms with Gasteiger partial charge in [0.25, 0.3) is 0 Å². The summed E-state index contributed by atoms with van der Waals surface area (Å²) in [5.41, 5.74) is 11.8. The van der Waals surface area contributed by atoms with Gasteiger partial charge in [-0.2, -0.15) is 0 Å². The first-order valence-electron chi connectivity index (χ1n) is 12.7. The lowest BCUT2D eigenvalue weighted by molar-refractivity contribution is -0.142. The van der Waals surface area contributed by atoms with Crippen LogP contribution in [0.15, 0.2) is 47.2 Å². The van der Waals surface area contributed by atoms with Crippen molar-refractivity contribution in [2.45, 2.75) is 37.8 Å². The van der Waals surface area contributed by atoms with E-state index in [4.69, 9.17) is 25.7 Å². The number of aliphatic hydroxyl groups excluding tert-OH is 1. The minimum absolute atomic E-state index is 0.0960. The van der Waals surface area contributed by atoms with Crippen molar-refractivity contribution in [3.63, 3.8) is 0 Å². The number of carboxylic acids is 1. The Kier molecular flexibility index (Phi) is 10.6. The summed E-state index contributed by atoms with van der Waals surface area (Å²) in [6.07, 6.45) is -4.62.